The summed E-state index contributed by atoms with van der Waals surface area (Å²) in [7, 11) is 0.164. The van der Waals surface area contributed by atoms with Gasteiger partial charge in [-0.1, -0.05) is 11.6 Å². The van der Waals surface area contributed by atoms with E-state index in [2.05, 4.69) is 20.5 Å². The Kier molecular flexibility index (Phi) is 7.45. The largest absolute Gasteiger partial charge is 0.495 e. The van der Waals surface area contributed by atoms with Crippen molar-refractivity contribution >= 4 is 33.1 Å². The van der Waals surface area contributed by atoms with Crippen LogP contribution in [0.2, 0.25) is 5.02 Å². The maximum Gasteiger partial charge on any atom is 0.191 e. The molecule has 0 radical (unpaired) electrons. The molecule has 1 aliphatic heterocycles. The van der Waals surface area contributed by atoms with Crippen LogP contribution in [0.5, 0.6) is 5.75 Å². The summed E-state index contributed by atoms with van der Waals surface area (Å²) in [6.07, 6.45) is 0.927. The third-order valence-corrected chi connectivity index (χ3v) is 7.67. The van der Waals surface area contributed by atoms with E-state index in [-0.39, 0.29) is 11.8 Å². The predicted octanol–water partition coefficient (Wildman–Crippen LogP) is 2.31. The highest BCUT2D eigenvalue weighted by atomic mass is 35.5. The van der Waals surface area contributed by atoms with Crippen molar-refractivity contribution in [1.82, 2.24) is 10.6 Å². The van der Waals surface area contributed by atoms with Crippen molar-refractivity contribution in [3.8, 4) is 5.75 Å². The average molecular weight is 431 g/mol. The molecule has 1 fully saturated rings. The molecule has 28 heavy (non-hydrogen) atoms. The van der Waals surface area contributed by atoms with E-state index in [0.717, 1.165) is 30.9 Å². The van der Waals surface area contributed by atoms with Crippen LogP contribution < -0.4 is 20.3 Å². The number of hydrogen-bond donors (Lipinski definition) is 2. The van der Waals surface area contributed by atoms with E-state index in [9.17, 15) is 8.42 Å². The number of benzene rings is 1. The first-order valence-electron chi connectivity index (χ1n) is 9.35. The normalized spacial score (nSPS) is 18.3. The number of guanidine groups is 1. The molecule has 0 aliphatic carbocycles. The van der Waals surface area contributed by atoms with Gasteiger partial charge in [0.15, 0.2) is 15.8 Å². The zero-order chi connectivity index (χ0) is 20.9. The first kappa shape index (κ1) is 22.6. The van der Waals surface area contributed by atoms with Crippen LogP contribution in [-0.4, -0.2) is 64.7 Å². The van der Waals surface area contributed by atoms with Gasteiger partial charge in [0.25, 0.3) is 0 Å². The van der Waals surface area contributed by atoms with Crippen LogP contribution in [0.25, 0.3) is 0 Å². The molecule has 0 bridgehead atoms. The zero-order valence-corrected chi connectivity index (χ0v) is 18.8. The Morgan fingerprint density at radius 3 is 2.71 bits per heavy atom. The topological polar surface area (TPSA) is 83.0 Å². The van der Waals surface area contributed by atoms with Crippen LogP contribution in [0.1, 0.15) is 27.2 Å². The summed E-state index contributed by atoms with van der Waals surface area (Å²) in [5.74, 6) is 1.46. The fraction of sp³-hybridized carbons (Fsp3) is 0.632. The second-order valence-electron chi connectivity index (χ2n) is 7.82. The van der Waals surface area contributed by atoms with Gasteiger partial charge < -0.3 is 20.3 Å². The number of aliphatic imine (C=N–C) groups is 1. The number of nitrogens with zero attached hydrogens (tertiary/aromatic N) is 2. The summed E-state index contributed by atoms with van der Waals surface area (Å²) in [6.45, 7) is 7.10. The number of hydrogen-bond acceptors (Lipinski definition) is 5. The molecule has 9 heteroatoms. The van der Waals surface area contributed by atoms with E-state index in [1.807, 2.05) is 18.2 Å². The van der Waals surface area contributed by atoms with Crippen LogP contribution in [0, 0.1) is 0 Å². The monoisotopic (exact) mass is 430 g/mol. The molecule has 2 rings (SSSR count). The Morgan fingerprint density at radius 1 is 1.39 bits per heavy atom. The van der Waals surface area contributed by atoms with Crippen LogP contribution in [0.4, 0.5) is 5.69 Å². The quantitative estimate of drug-likeness (QED) is 0.532. The smallest absolute Gasteiger partial charge is 0.191 e. The van der Waals surface area contributed by atoms with Gasteiger partial charge in [0.1, 0.15) is 5.75 Å². The number of rotatable bonds is 6. The van der Waals surface area contributed by atoms with Crippen molar-refractivity contribution in [2.24, 2.45) is 4.99 Å². The zero-order valence-electron chi connectivity index (χ0n) is 17.3. The Labute approximate surface area is 173 Å². The number of methoxy groups -OCH3 is 1. The first-order valence-corrected chi connectivity index (χ1v) is 11.4. The Hall–Kier alpha value is -1.67. The molecule has 1 aromatic carbocycles. The van der Waals surface area contributed by atoms with Crippen LogP contribution in [0.15, 0.2) is 23.2 Å². The minimum Gasteiger partial charge on any atom is -0.495 e. The molecule has 0 spiro atoms. The van der Waals surface area contributed by atoms with Gasteiger partial charge in [-0.3, -0.25) is 4.99 Å². The molecular formula is C19H31ClN4O3S. The molecule has 0 saturated carbocycles. The highest BCUT2D eigenvalue weighted by molar-refractivity contribution is 7.92. The maximum atomic E-state index is 12.2. The van der Waals surface area contributed by atoms with Gasteiger partial charge in [0.05, 0.1) is 23.3 Å². The maximum absolute atomic E-state index is 12.2. The van der Waals surface area contributed by atoms with Gasteiger partial charge >= 0.3 is 0 Å². The third-order valence-electron chi connectivity index (χ3n) is 4.83. The summed E-state index contributed by atoms with van der Waals surface area (Å²) >= 11 is 6.15. The number of halogens is 1. The number of nitrogens with one attached hydrogen (secondary N) is 2. The summed E-state index contributed by atoms with van der Waals surface area (Å²) in [4.78, 5) is 6.44. The van der Waals surface area contributed by atoms with Gasteiger partial charge in [0.2, 0.25) is 0 Å². The summed E-state index contributed by atoms with van der Waals surface area (Å²) < 4.78 is 29.1. The van der Waals surface area contributed by atoms with Gasteiger partial charge in [-0.25, -0.2) is 8.42 Å². The number of sulfone groups is 1. The molecule has 1 aliphatic rings. The van der Waals surface area contributed by atoms with E-state index < -0.39 is 14.6 Å². The van der Waals surface area contributed by atoms with E-state index in [0.29, 0.717) is 17.5 Å². The van der Waals surface area contributed by atoms with Crippen molar-refractivity contribution in [1.29, 1.82) is 0 Å². The van der Waals surface area contributed by atoms with E-state index in [4.69, 9.17) is 16.3 Å². The molecule has 7 nitrogen and oxygen atoms in total. The molecule has 1 aromatic rings. The number of ether oxygens (including phenoxy) is 1. The fourth-order valence-electron chi connectivity index (χ4n) is 3.01. The lowest BCUT2D eigenvalue weighted by atomic mass is 10.2. The van der Waals surface area contributed by atoms with Crippen molar-refractivity contribution in [3.05, 3.63) is 23.2 Å². The molecule has 0 aromatic heterocycles. The highest BCUT2D eigenvalue weighted by Crippen LogP contribution is 2.33. The van der Waals surface area contributed by atoms with Crippen LogP contribution in [-0.2, 0) is 9.84 Å². The van der Waals surface area contributed by atoms with Gasteiger partial charge in [-0.05, 0) is 45.4 Å². The minimum atomic E-state index is -3.17. The van der Waals surface area contributed by atoms with Crippen molar-refractivity contribution < 1.29 is 13.2 Å². The van der Waals surface area contributed by atoms with Crippen molar-refractivity contribution in [2.45, 2.75) is 38.0 Å². The minimum absolute atomic E-state index is 0.0632. The molecule has 1 saturated heterocycles. The van der Waals surface area contributed by atoms with E-state index in [1.54, 1.807) is 34.9 Å². The lowest BCUT2D eigenvalue weighted by Gasteiger charge is -2.23. The predicted molar refractivity (Wildman–Crippen MR) is 117 cm³/mol. The third kappa shape index (κ3) is 5.67. The Balaban J connectivity index is 1.91. The van der Waals surface area contributed by atoms with Crippen LogP contribution in [0.3, 0.4) is 0 Å². The summed E-state index contributed by atoms with van der Waals surface area (Å²) in [5.41, 5.74) is 0.971. The second kappa shape index (κ2) is 9.22. The van der Waals surface area contributed by atoms with Crippen molar-refractivity contribution in [3.63, 3.8) is 0 Å². The second-order valence-corrected chi connectivity index (χ2v) is 11.1. The van der Waals surface area contributed by atoms with E-state index in [1.165, 1.54) is 0 Å². The molecule has 158 valence electrons. The standard InChI is InChI=1S/C19H31ClN4O3S/c1-19(2,3)28(25,26)11-9-22-18(21-4)23-15-8-10-24(13-15)16-12-14(20)6-7-17(16)27-5/h6-7,12,15H,8-11,13H2,1-5H3,(H2,21,22,23). The molecule has 0 amide bonds. The summed E-state index contributed by atoms with van der Waals surface area (Å²) in [6, 6.07) is 5.78. The highest BCUT2D eigenvalue weighted by Gasteiger charge is 2.29. The molecular weight excluding hydrogens is 400 g/mol. The van der Waals surface area contributed by atoms with Gasteiger partial charge in [-0.15, -0.1) is 0 Å². The lowest BCUT2D eigenvalue weighted by Crippen LogP contribution is -2.46. The number of anilines is 1. The molecule has 1 heterocycles. The first-order chi connectivity index (χ1) is 13.1. The SMILES string of the molecule is CN=C(NCCS(=O)(=O)C(C)(C)C)NC1CCN(c2cc(Cl)ccc2OC)C1. The molecule has 1 unspecified atom stereocenters. The van der Waals surface area contributed by atoms with E-state index >= 15 is 0 Å². The molecule has 1 atom stereocenters. The average Bonchev–Trinajstić information content (AvgIpc) is 3.08. The summed E-state index contributed by atoms with van der Waals surface area (Å²) in [5, 5.41) is 7.15. The fourth-order valence-corrected chi connectivity index (χ4v) is 4.15. The molecule has 2 N–H and O–H groups in total. The lowest BCUT2D eigenvalue weighted by molar-refractivity contribution is 0.415. The van der Waals surface area contributed by atoms with Gasteiger partial charge in [-0.2, -0.15) is 0 Å². The Bertz CT molecular complexity index is 806. The Morgan fingerprint density at radius 2 is 2.11 bits per heavy atom. The van der Waals surface area contributed by atoms with Gasteiger partial charge in [0, 0.05) is 37.7 Å². The van der Waals surface area contributed by atoms with Crippen LogP contribution >= 0.6 is 11.6 Å². The van der Waals surface area contributed by atoms with Crippen molar-refractivity contribution in [2.75, 3.05) is 44.4 Å².